The van der Waals surface area contributed by atoms with Crippen molar-refractivity contribution in [3.63, 3.8) is 0 Å². The first-order chi connectivity index (χ1) is 12.7. The minimum Gasteiger partial charge on any atom is -0.416 e. The van der Waals surface area contributed by atoms with Crippen LogP contribution in [0.2, 0.25) is 0 Å². The van der Waals surface area contributed by atoms with E-state index in [1.54, 1.807) is 11.3 Å². The summed E-state index contributed by atoms with van der Waals surface area (Å²) < 4.78 is 5.61. The van der Waals surface area contributed by atoms with Gasteiger partial charge in [-0.1, -0.05) is 48.2 Å². The second kappa shape index (κ2) is 7.39. The summed E-state index contributed by atoms with van der Waals surface area (Å²) in [4.78, 5) is 16.8. The van der Waals surface area contributed by atoms with E-state index >= 15 is 0 Å². The second-order valence-corrected chi connectivity index (χ2v) is 7.76. The van der Waals surface area contributed by atoms with Crippen molar-refractivity contribution in [2.45, 2.75) is 18.6 Å². The van der Waals surface area contributed by atoms with E-state index in [9.17, 15) is 4.79 Å². The van der Waals surface area contributed by atoms with Crippen LogP contribution in [0, 0.1) is 6.92 Å². The molecule has 0 aliphatic rings. The van der Waals surface area contributed by atoms with Crippen LogP contribution in [0.4, 0.5) is 0 Å². The Morgan fingerprint density at radius 2 is 2.00 bits per heavy atom. The molecule has 0 bridgehead atoms. The van der Waals surface area contributed by atoms with Crippen LogP contribution in [-0.4, -0.2) is 26.7 Å². The molecule has 0 atom stereocenters. The van der Waals surface area contributed by atoms with Crippen LogP contribution in [0.5, 0.6) is 0 Å². The van der Waals surface area contributed by atoms with Crippen LogP contribution in [0.15, 0.2) is 57.5 Å². The molecule has 0 unspecified atom stereocenters. The summed E-state index contributed by atoms with van der Waals surface area (Å²) in [6.45, 7) is 1.96. The molecule has 0 aliphatic carbocycles. The number of carbonyl (C=O) groups excluding carboxylic acids is 1. The Kier molecular flexibility index (Phi) is 4.81. The molecule has 2 aromatic carbocycles. The van der Waals surface area contributed by atoms with Crippen molar-refractivity contribution >= 4 is 39.7 Å². The number of fused-ring (bicyclic) bond motifs is 1. The number of nitrogens with zero attached hydrogens (tertiary/aromatic N) is 3. The molecule has 0 aliphatic heterocycles. The van der Waals surface area contributed by atoms with Gasteiger partial charge >= 0.3 is 0 Å². The molecule has 2 heterocycles. The Bertz CT molecular complexity index is 1070. The number of carbonyl (C=O) groups is 1. The Balaban J connectivity index is 1.39. The SMILES string of the molecule is Cc1nc(Cc2nnc(SCC(=O)c3ccc4ccccc4c3)o2)cs1. The highest BCUT2D eigenvalue weighted by Gasteiger charge is 2.13. The smallest absolute Gasteiger partial charge is 0.277 e. The van der Waals surface area contributed by atoms with Gasteiger partial charge in [-0.2, -0.15) is 0 Å². The summed E-state index contributed by atoms with van der Waals surface area (Å²) in [5, 5.41) is 13.6. The van der Waals surface area contributed by atoms with Crippen LogP contribution in [0.1, 0.15) is 27.0 Å². The van der Waals surface area contributed by atoms with E-state index in [2.05, 4.69) is 15.2 Å². The largest absolute Gasteiger partial charge is 0.416 e. The first-order valence-corrected chi connectivity index (χ1v) is 9.92. The monoisotopic (exact) mass is 381 g/mol. The van der Waals surface area contributed by atoms with Gasteiger partial charge in [-0.15, -0.1) is 21.5 Å². The van der Waals surface area contributed by atoms with Gasteiger partial charge in [0.15, 0.2) is 5.78 Å². The molecule has 0 spiro atoms. The predicted octanol–water partition coefficient (Wildman–Crippen LogP) is 4.55. The van der Waals surface area contributed by atoms with E-state index < -0.39 is 0 Å². The lowest BCUT2D eigenvalue weighted by molar-refractivity contribution is 0.102. The highest BCUT2D eigenvalue weighted by Crippen LogP contribution is 2.21. The van der Waals surface area contributed by atoms with Gasteiger partial charge in [0, 0.05) is 10.9 Å². The topological polar surface area (TPSA) is 68.9 Å². The average molecular weight is 381 g/mol. The molecule has 0 N–H and O–H groups in total. The minimum atomic E-state index is 0.0376. The Labute approximate surface area is 158 Å². The van der Waals surface area contributed by atoms with Crippen LogP contribution >= 0.6 is 23.1 Å². The van der Waals surface area contributed by atoms with Crippen LogP contribution < -0.4 is 0 Å². The molecule has 0 fully saturated rings. The number of hydrogen-bond acceptors (Lipinski definition) is 7. The van der Waals surface area contributed by atoms with Crippen LogP contribution in [-0.2, 0) is 6.42 Å². The van der Waals surface area contributed by atoms with Gasteiger partial charge in [0.2, 0.25) is 5.89 Å². The first-order valence-electron chi connectivity index (χ1n) is 8.05. The molecule has 26 heavy (non-hydrogen) atoms. The summed E-state index contributed by atoms with van der Waals surface area (Å²) >= 11 is 2.85. The molecule has 0 radical (unpaired) electrons. The van der Waals surface area contributed by atoms with E-state index in [1.807, 2.05) is 54.8 Å². The minimum absolute atomic E-state index is 0.0376. The van der Waals surface area contributed by atoms with Gasteiger partial charge in [-0.05, 0) is 23.8 Å². The zero-order valence-corrected chi connectivity index (χ0v) is 15.6. The van der Waals surface area contributed by atoms with Crippen molar-refractivity contribution < 1.29 is 9.21 Å². The number of Topliss-reactive ketones (excluding diaryl/α,β-unsaturated/α-hetero) is 1. The Hall–Kier alpha value is -2.51. The maximum Gasteiger partial charge on any atom is 0.277 e. The Morgan fingerprint density at radius 3 is 2.81 bits per heavy atom. The quantitative estimate of drug-likeness (QED) is 0.360. The molecule has 2 aromatic heterocycles. The van der Waals surface area contributed by atoms with Crippen LogP contribution in [0.3, 0.4) is 0 Å². The summed E-state index contributed by atoms with van der Waals surface area (Å²) in [5.74, 6) is 0.807. The zero-order chi connectivity index (χ0) is 17.9. The molecule has 0 saturated heterocycles. The maximum absolute atomic E-state index is 12.4. The number of rotatable bonds is 6. The number of aryl methyl sites for hydroxylation is 1. The third kappa shape index (κ3) is 3.84. The van der Waals surface area contributed by atoms with E-state index in [0.29, 0.717) is 23.1 Å². The van der Waals surface area contributed by atoms with Crippen molar-refractivity contribution in [2.24, 2.45) is 0 Å². The number of thiazole rings is 1. The molecular weight excluding hydrogens is 366 g/mol. The van der Waals surface area contributed by atoms with Crippen molar-refractivity contribution in [1.82, 2.24) is 15.2 Å². The third-order valence-corrected chi connectivity index (χ3v) is 5.49. The molecule has 5 nitrogen and oxygen atoms in total. The third-order valence-electron chi connectivity index (χ3n) is 3.85. The second-order valence-electron chi connectivity index (χ2n) is 5.77. The fraction of sp³-hybridized carbons (Fsp3) is 0.158. The average Bonchev–Trinajstić information content (AvgIpc) is 3.28. The number of aromatic nitrogens is 3. The van der Waals surface area contributed by atoms with Gasteiger partial charge in [0.1, 0.15) is 0 Å². The van der Waals surface area contributed by atoms with Gasteiger partial charge < -0.3 is 4.42 Å². The van der Waals surface area contributed by atoms with E-state index in [1.165, 1.54) is 11.8 Å². The van der Waals surface area contributed by atoms with E-state index in [0.717, 1.165) is 21.5 Å². The Morgan fingerprint density at radius 1 is 1.15 bits per heavy atom. The van der Waals surface area contributed by atoms with Crippen LogP contribution in [0.25, 0.3) is 10.8 Å². The standard InChI is InChI=1S/C19H15N3O2S2/c1-12-20-16(10-25-12)9-18-21-22-19(24-18)26-11-17(23)15-7-6-13-4-2-3-5-14(13)8-15/h2-8,10H,9,11H2,1H3. The molecule has 4 aromatic rings. The summed E-state index contributed by atoms with van der Waals surface area (Å²) in [7, 11) is 0. The van der Waals surface area contributed by atoms with Crippen molar-refractivity contribution in [2.75, 3.05) is 5.75 Å². The van der Waals surface area contributed by atoms with Gasteiger partial charge in [-0.3, -0.25) is 4.79 Å². The molecule has 0 saturated carbocycles. The molecule has 4 rings (SSSR count). The lowest BCUT2D eigenvalue weighted by atomic mass is 10.1. The number of ketones is 1. The van der Waals surface area contributed by atoms with E-state index in [-0.39, 0.29) is 11.5 Å². The van der Waals surface area contributed by atoms with Crippen molar-refractivity contribution in [3.05, 3.63) is 70.0 Å². The van der Waals surface area contributed by atoms with Crippen molar-refractivity contribution in [3.8, 4) is 0 Å². The van der Waals surface area contributed by atoms with Crippen molar-refractivity contribution in [1.29, 1.82) is 0 Å². The molecule has 7 heteroatoms. The first kappa shape index (κ1) is 16.9. The summed E-state index contributed by atoms with van der Waals surface area (Å²) in [6.07, 6.45) is 0.510. The van der Waals surface area contributed by atoms with Gasteiger partial charge in [-0.25, -0.2) is 4.98 Å². The van der Waals surface area contributed by atoms with Gasteiger partial charge in [0.05, 0.1) is 22.9 Å². The highest BCUT2D eigenvalue weighted by molar-refractivity contribution is 7.99. The maximum atomic E-state index is 12.4. The fourth-order valence-corrected chi connectivity index (χ4v) is 3.87. The number of thioether (sulfide) groups is 1. The number of benzene rings is 2. The highest BCUT2D eigenvalue weighted by atomic mass is 32.2. The molecule has 130 valence electrons. The summed E-state index contributed by atoms with van der Waals surface area (Å²) in [6, 6.07) is 13.7. The van der Waals surface area contributed by atoms with E-state index in [4.69, 9.17) is 4.42 Å². The molecule has 0 amide bonds. The zero-order valence-electron chi connectivity index (χ0n) is 14.0. The lowest BCUT2D eigenvalue weighted by Gasteiger charge is -2.02. The fourth-order valence-electron chi connectivity index (χ4n) is 2.59. The normalized spacial score (nSPS) is 11.1. The molecular formula is C19H15N3O2S2. The van der Waals surface area contributed by atoms with Gasteiger partial charge in [0.25, 0.3) is 5.22 Å². The predicted molar refractivity (Wildman–Crippen MR) is 103 cm³/mol. The number of hydrogen-bond donors (Lipinski definition) is 0. The lowest BCUT2D eigenvalue weighted by Crippen LogP contribution is -2.02. The summed E-state index contributed by atoms with van der Waals surface area (Å²) in [5.41, 5.74) is 1.61.